The van der Waals surface area contributed by atoms with E-state index in [2.05, 4.69) is 20.8 Å². The minimum atomic E-state index is -0.124. The van der Waals surface area contributed by atoms with Gasteiger partial charge in [0.05, 0.1) is 16.6 Å². The van der Waals surface area contributed by atoms with E-state index in [1.807, 2.05) is 27.8 Å². The summed E-state index contributed by atoms with van der Waals surface area (Å²) >= 11 is 0. The second-order valence-electron chi connectivity index (χ2n) is 5.07. The van der Waals surface area contributed by atoms with Crippen molar-refractivity contribution >= 4 is 29.4 Å². The molecule has 0 atom stereocenters. The molecule has 0 fully saturated rings. The summed E-state index contributed by atoms with van der Waals surface area (Å²) in [5.74, 6) is 0.0467. The number of aromatic nitrogens is 2. The van der Waals surface area contributed by atoms with Crippen LogP contribution >= 0.6 is 12.4 Å². The maximum Gasteiger partial charge on any atom is 0.259 e. The second kappa shape index (κ2) is 7.38. The Bertz CT molecular complexity index is 625. The minimum Gasteiger partial charge on any atom is -0.351 e. The lowest BCUT2D eigenvalue weighted by Gasteiger charge is -2.08. The van der Waals surface area contributed by atoms with Crippen LogP contribution in [0.3, 0.4) is 0 Å². The van der Waals surface area contributed by atoms with E-state index in [1.165, 1.54) is 0 Å². The molecule has 1 amide bonds. The molecule has 0 radical (unpaired) electrons. The number of carbonyl (C=O) groups excluding carboxylic acids is 1. The molecular formula is C14H21ClN4O2. The Morgan fingerprint density at radius 3 is 2.71 bits per heavy atom. The van der Waals surface area contributed by atoms with Crippen molar-refractivity contribution < 1.29 is 9.32 Å². The Morgan fingerprint density at radius 1 is 1.38 bits per heavy atom. The molecule has 0 saturated heterocycles. The van der Waals surface area contributed by atoms with Crippen molar-refractivity contribution in [3.05, 3.63) is 23.0 Å². The van der Waals surface area contributed by atoms with Crippen LogP contribution in [0.15, 0.2) is 10.6 Å². The predicted molar refractivity (Wildman–Crippen MR) is 84.1 cm³/mol. The fraction of sp³-hybridized carbons (Fsp3) is 0.500. The van der Waals surface area contributed by atoms with Crippen LogP contribution in [0.1, 0.15) is 41.5 Å². The molecule has 6 nitrogen and oxygen atoms in total. The highest BCUT2D eigenvalue weighted by molar-refractivity contribution is 6.06. The highest BCUT2D eigenvalue weighted by Crippen LogP contribution is 2.27. The minimum absolute atomic E-state index is 0. The quantitative estimate of drug-likeness (QED) is 0.826. The normalized spacial score (nSPS) is 10.7. The molecule has 2 N–H and O–H groups in total. The van der Waals surface area contributed by atoms with E-state index >= 15 is 0 Å². The van der Waals surface area contributed by atoms with Gasteiger partial charge < -0.3 is 15.2 Å². The predicted octanol–water partition coefficient (Wildman–Crippen LogP) is 2.03. The van der Waals surface area contributed by atoms with Gasteiger partial charge in [0.1, 0.15) is 0 Å². The van der Waals surface area contributed by atoms with Crippen LogP contribution in [-0.4, -0.2) is 36.2 Å². The van der Waals surface area contributed by atoms with Crippen molar-refractivity contribution in [1.29, 1.82) is 0 Å². The van der Waals surface area contributed by atoms with Gasteiger partial charge in [0.25, 0.3) is 11.6 Å². The third-order valence-electron chi connectivity index (χ3n) is 3.05. The van der Waals surface area contributed by atoms with Crippen molar-refractivity contribution in [2.45, 2.75) is 26.7 Å². The average Bonchev–Trinajstić information content (AvgIpc) is 2.81. The van der Waals surface area contributed by atoms with Crippen molar-refractivity contribution in [1.82, 2.24) is 20.8 Å². The number of rotatable bonds is 5. The van der Waals surface area contributed by atoms with Gasteiger partial charge in [-0.25, -0.2) is 4.98 Å². The molecule has 7 heteroatoms. The Morgan fingerprint density at radius 2 is 2.10 bits per heavy atom. The summed E-state index contributed by atoms with van der Waals surface area (Å²) < 4.78 is 5.25. The Balaban J connectivity index is 0.00000220. The van der Waals surface area contributed by atoms with Crippen LogP contribution in [0.2, 0.25) is 0 Å². The number of aryl methyl sites for hydroxylation is 1. The van der Waals surface area contributed by atoms with Crippen molar-refractivity contribution in [3.8, 4) is 0 Å². The molecule has 21 heavy (non-hydrogen) atoms. The number of amides is 1. The molecule has 116 valence electrons. The molecule has 0 aliphatic rings. The van der Waals surface area contributed by atoms with Gasteiger partial charge in [0.2, 0.25) is 0 Å². The maximum absolute atomic E-state index is 12.3. The first-order chi connectivity index (χ1) is 9.54. The molecular weight excluding hydrogens is 292 g/mol. The first-order valence-electron chi connectivity index (χ1n) is 6.74. The summed E-state index contributed by atoms with van der Waals surface area (Å²) in [6.07, 6.45) is 0. The van der Waals surface area contributed by atoms with E-state index in [0.29, 0.717) is 23.2 Å². The summed E-state index contributed by atoms with van der Waals surface area (Å²) in [4.78, 5) is 16.6. The zero-order valence-electron chi connectivity index (χ0n) is 12.7. The van der Waals surface area contributed by atoms with Crippen LogP contribution in [0, 0.1) is 6.92 Å². The third kappa shape index (κ3) is 3.71. The molecule has 0 spiro atoms. The molecule has 0 bridgehead atoms. The number of hydrogen-bond acceptors (Lipinski definition) is 5. The van der Waals surface area contributed by atoms with E-state index < -0.39 is 0 Å². The standard InChI is InChI=1S/C14H20N4O2.ClH/c1-8(2)12-11-10(13(19)16-6-5-15-4)7-9(3)17-14(11)20-18-12;/h7-8,15H,5-6H2,1-4H3,(H,16,19);1H. The highest BCUT2D eigenvalue weighted by atomic mass is 35.5. The molecule has 2 rings (SSSR count). The van der Waals surface area contributed by atoms with E-state index in [9.17, 15) is 4.79 Å². The average molecular weight is 313 g/mol. The number of fused-ring (bicyclic) bond motifs is 1. The van der Waals surface area contributed by atoms with Crippen LogP contribution in [0.25, 0.3) is 11.1 Å². The van der Waals surface area contributed by atoms with Gasteiger partial charge in [-0.15, -0.1) is 12.4 Å². The molecule has 0 aliphatic heterocycles. The summed E-state index contributed by atoms with van der Waals surface area (Å²) in [5, 5.41) is 10.6. The monoisotopic (exact) mass is 312 g/mol. The van der Waals surface area contributed by atoms with Crippen LogP contribution in [0.5, 0.6) is 0 Å². The Kier molecular flexibility index (Phi) is 6.11. The summed E-state index contributed by atoms with van der Waals surface area (Å²) in [6.45, 7) is 7.15. The molecule has 0 unspecified atom stereocenters. The molecule has 0 saturated carbocycles. The third-order valence-corrected chi connectivity index (χ3v) is 3.05. The number of nitrogens with zero attached hydrogens (tertiary/aromatic N) is 2. The Labute approximate surface area is 130 Å². The van der Waals surface area contributed by atoms with E-state index in [1.54, 1.807) is 6.07 Å². The van der Waals surface area contributed by atoms with Crippen molar-refractivity contribution in [3.63, 3.8) is 0 Å². The molecule has 2 aromatic rings. The molecule has 0 aromatic carbocycles. The Hall–Kier alpha value is -1.66. The van der Waals surface area contributed by atoms with Gasteiger partial charge in [-0.2, -0.15) is 0 Å². The topological polar surface area (TPSA) is 80.0 Å². The number of hydrogen-bond donors (Lipinski definition) is 2. The van der Waals surface area contributed by atoms with Crippen LogP contribution < -0.4 is 10.6 Å². The number of likely N-dealkylation sites (N-methyl/N-ethyl adjacent to an activating group) is 1. The zero-order chi connectivity index (χ0) is 14.7. The van der Waals surface area contributed by atoms with Gasteiger partial charge in [-0.05, 0) is 26.0 Å². The molecule has 2 heterocycles. The highest BCUT2D eigenvalue weighted by Gasteiger charge is 2.20. The maximum atomic E-state index is 12.3. The molecule has 2 aromatic heterocycles. The van der Waals surface area contributed by atoms with E-state index in [-0.39, 0.29) is 24.2 Å². The zero-order valence-corrected chi connectivity index (χ0v) is 13.5. The summed E-state index contributed by atoms with van der Waals surface area (Å²) in [5.41, 5.74) is 2.51. The van der Waals surface area contributed by atoms with Gasteiger partial charge >= 0.3 is 0 Å². The fourth-order valence-electron chi connectivity index (χ4n) is 2.07. The first-order valence-corrected chi connectivity index (χ1v) is 6.74. The lowest BCUT2D eigenvalue weighted by molar-refractivity contribution is 0.0955. The van der Waals surface area contributed by atoms with E-state index in [4.69, 9.17) is 4.52 Å². The largest absolute Gasteiger partial charge is 0.351 e. The van der Waals surface area contributed by atoms with Gasteiger partial charge in [0, 0.05) is 18.8 Å². The fourth-order valence-corrected chi connectivity index (χ4v) is 2.07. The van der Waals surface area contributed by atoms with Crippen molar-refractivity contribution in [2.75, 3.05) is 20.1 Å². The number of halogens is 1. The second-order valence-corrected chi connectivity index (χ2v) is 5.07. The van der Waals surface area contributed by atoms with E-state index in [0.717, 1.165) is 17.9 Å². The number of carbonyl (C=O) groups is 1. The van der Waals surface area contributed by atoms with Gasteiger partial charge in [-0.1, -0.05) is 19.0 Å². The van der Waals surface area contributed by atoms with Gasteiger partial charge in [0.15, 0.2) is 0 Å². The first kappa shape index (κ1) is 17.4. The molecule has 0 aliphatic carbocycles. The van der Waals surface area contributed by atoms with Crippen molar-refractivity contribution in [2.24, 2.45) is 0 Å². The van der Waals surface area contributed by atoms with Crippen LogP contribution in [0.4, 0.5) is 0 Å². The number of nitrogens with one attached hydrogen (secondary N) is 2. The summed E-state index contributed by atoms with van der Waals surface area (Å²) in [6, 6.07) is 1.78. The smallest absolute Gasteiger partial charge is 0.259 e. The van der Waals surface area contributed by atoms with Crippen LogP contribution in [-0.2, 0) is 0 Å². The number of pyridine rings is 1. The summed E-state index contributed by atoms with van der Waals surface area (Å²) in [7, 11) is 1.85. The lowest BCUT2D eigenvalue weighted by Crippen LogP contribution is -2.30. The lowest BCUT2D eigenvalue weighted by atomic mass is 10.0. The van der Waals surface area contributed by atoms with Gasteiger partial charge in [-0.3, -0.25) is 4.79 Å². The SMILES string of the molecule is CNCCNC(=O)c1cc(C)nc2onc(C(C)C)c12.Cl.